The van der Waals surface area contributed by atoms with Crippen LogP contribution in [0.5, 0.6) is 0 Å². The molecule has 25 heavy (non-hydrogen) atoms. The third kappa shape index (κ3) is 3.48. The lowest BCUT2D eigenvalue weighted by atomic mass is 9.86. The zero-order chi connectivity index (χ0) is 17.3. The topological polar surface area (TPSA) is 51.4 Å². The van der Waals surface area contributed by atoms with Gasteiger partial charge in [-0.3, -0.25) is 4.90 Å². The molecule has 4 rings (SSSR count). The Bertz CT molecular complexity index is 721. The van der Waals surface area contributed by atoms with Gasteiger partial charge in [-0.2, -0.15) is 0 Å². The van der Waals surface area contributed by atoms with Gasteiger partial charge in [-0.1, -0.05) is 30.5 Å². The van der Waals surface area contributed by atoms with Crippen molar-refractivity contribution >= 4 is 0 Å². The molecule has 0 N–H and O–H groups in total. The van der Waals surface area contributed by atoms with E-state index in [1.165, 1.54) is 31.2 Å². The van der Waals surface area contributed by atoms with E-state index in [2.05, 4.69) is 41.1 Å². The normalized spacial score (nSPS) is 22.2. The average molecular weight is 341 g/mol. The summed E-state index contributed by atoms with van der Waals surface area (Å²) in [7, 11) is 0. The standard InChI is InChI=1S/C20H27N3O2/c1-15-6-5-7-17(12-15)19-22-21-18(25-19)16(2)23-10-11-24-14-20(13-23)8-3-4-9-20/h5-7,12,16H,3-4,8-11,13-14H2,1-2H3. The summed E-state index contributed by atoms with van der Waals surface area (Å²) >= 11 is 0. The second kappa shape index (κ2) is 6.89. The third-order valence-corrected chi connectivity index (χ3v) is 5.74. The molecule has 1 spiro atoms. The Balaban J connectivity index is 1.53. The van der Waals surface area contributed by atoms with Gasteiger partial charge in [0.25, 0.3) is 0 Å². The van der Waals surface area contributed by atoms with Gasteiger partial charge in [0.2, 0.25) is 11.8 Å². The Morgan fingerprint density at radius 2 is 2.04 bits per heavy atom. The van der Waals surface area contributed by atoms with E-state index in [0.29, 0.717) is 17.2 Å². The molecule has 1 saturated heterocycles. The predicted molar refractivity (Wildman–Crippen MR) is 96.2 cm³/mol. The third-order valence-electron chi connectivity index (χ3n) is 5.74. The number of rotatable bonds is 3. The Labute approximate surface area is 149 Å². The van der Waals surface area contributed by atoms with Crippen LogP contribution >= 0.6 is 0 Å². The first-order valence-corrected chi connectivity index (χ1v) is 9.38. The highest BCUT2D eigenvalue weighted by Crippen LogP contribution is 2.41. The van der Waals surface area contributed by atoms with Crippen LogP contribution in [0.3, 0.4) is 0 Å². The van der Waals surface area contributed by atoms with Gasteiger partial charge in [-0.15, -0.1) is 10.2 Å². The lowest BCUT2D eigenvalue weighted by Crippen LogP contribution is -2.38. The molecule has 0 amide bonds. The summed E-state index contributed by atoms with van der Waals surface area (Å²) in [4.78, 5) is 2.46. The van der Waals surface area contributed by atoms with E-state index in [4.69, 9.17) is 9.15 Å². The van der Waals surface area contributed by atoms with E-state index in [1.54, 1.807) is 0 Å². The fraction of sp³-hybridized carbons (Fsp3) is 0.600. The van der Waals surface area contributed by atoms with Crippen molar-refractivity contribution in [3.63, 3.8) is 0 Å². The van der Waals surface area contributed by atoms with Crippen LogP contribution in [0.4, 0.5) is 0 Å². The fourth-order valence-electron chi connectivity index (χ4n) is 4.24. The summed E-state index contributed by atoms with van der Waals surface area (Å²) in [5, 5.41) is 8.63. The van der Waals surface area contributed by atoms with Crippen LogP contribution in [0.25, 0.3) is 11.5 Å². The number of hydrogen-bond donors (Lipinski definition) is 0. The molecule has 134 valence electrons. The van der Waals surface area contributed by atoms with Crippen molar-refractivity contribution in [2.24, 2.45) is 5.41 Å². The molecule has 0 bridgehead atoms. The maximum atomic E-state index is 6.03. The Kier molecular flexibility index (Phi) is 4.61. The van der Waals surface area contributed by atoms with Crippen molar-refractivity contribution in [1.82, 2.24) is 15.1 Å². The Morgan fingerprint density at radius 3 is 2.84 bits per heavy atom. The predicted octanol–water partition coefficient (Wildman–Crippen LogP) is 4.00. The lowest BCUT2D eigenvalue weighted by molar-refractivity contribution is 0.0690. The van der Waals surface area contributed by atoms with Gasteiger partial charge < -0.3 is 9.15 Å². The van der Waals surface area contributed by atoms with Crippen molar-refractivity contribution in [1.29, 1.82) is 0 Å². The molecule has 2 fully saturated rings. The summed E-state index contributed by atoms with van der Waals surface area (Å²) in [5.41, 5.74) is 2.50. The number of hydrogen-bond acceptors (Lipinski definition) is 5. The maximum Gasteiger partial charge on any atom is 0.247 e. The molecule has 1 unspecified atom stereocenters. The van der Waals surface area contributed by atoms with Crippen LogP contribution in [0.1, 0.15) is 50.1 Å². The van der Waals surface area contributed by atoms with Crippen molar-refractivity contribution < 1.29 is 9.15 Å². The second-order valence-electron chi connectivity index (χ2n) is 7.72. The SMILES string of the molecule is Cc1cccc(-c2nnc(C(C)N3CCOCC4(CCCC4)C3)o2)c1. The van der Waals surface area contributed by atoms with E-state index >= 15 is 0 Å². The number of nitrogens with zero attached hydrogens (tertiary/aromatic N) is 3. The molecule has 1 aromatic heterocycles. The largest absolute Gasteiger partial charge is 0.419 e. The second-order valence-corrected chi connectivity index (χ2v) is 7.72. The summed E-state index contributed by atoms with van der Waals surface area (Å²) < 4.78 is 12.0. The highest BCUT2D eigenvalue weighted by Gasteiger charge is 2.39. The van der Waals surface area contributed by atoms with Crippen LogP contribution in [-0.2, 0) is 4.74 Å². The Morgan fingerprint density at radius 1 is 1.20 bits per heavy atom. The van der Waals surface area contributed by atoms with E-state index in [9.17, 15) is 0 Å². The first-order valence-electron chi connectivity index (χ1n) is 9.38. The van der Waals surface area contributed by atoms with E-state index in [1.807, 2.05) is 12.1 Å². The average Bonchev–Trinajstić information content (AvgIpc) is 3.22. The van der Waals surface area contributed by atoms with Gasteiger partial charge in [-0.05, 0) is 38.8 Å². The van der Waals surface area contributed by atoms with Gasteiger partial charge in [0.15, 0.2) is 0 Å². The number of aryl methyl sites for hydroxylation is 1. The van der Waals surface area contributed by atoms with Gasteiger partial charge >= 0.3 is 0 Å². The quantitative estimate of drug-likeness (QED) is 0.844. The maximum absolute atomic E-state index is 6.03. The molecule has 2 heterocycles. The first kappa shape index (κ1) is 16.7. The summed E-state index contributed by atoms with van der Waals surface area (Å²) in [6.07, 6.45) is 5.19. The molecule has 1 aliphatic heterocycles. The summed E-state index contributed by atoms with van der Waals surface area (Å²) in [6, 6.07) is 8.30. The van der Waals surface area contributed by atoms with Crippen LogP contribution in [-0.4, -0.2) is 41.4 Å². The van der Waals surface area contributed by atoms with Gasteiger partial charge in [0, 0.05) is 24.1 Å². The molecular formula is C20H27N3O2. The Hall–Kier alpha value is -1.72. The van der Waals surface area contributed by atoms with Crippen molar-refractivity contribution in [3.05, 3.63) is 35.7 Å². The number of ether oxygens (including phenoxy) is 1. The fourth-order valence-corrected chi connectivity index (χ4v) is 4.24. The van der Waals surface area contributed by atoms with E-state index in [0.717, 1.165) is 31.9 Å². The monoisotopic (exact) mass is 341 g/mol. The molecule has 1 aliphatic carbocycles. The highest BCUT2D eigenvalue weighted by atomic mass is 16.5. The van der Waals surface area contributed by atoms with Gasteiger partial charge in [0.05, 0.1) is 19.3 Å². The molecule has 5 heteroatoms. The van der Waals surface area contributed by atoms with Crippen LogP contribution in [0, 0.1) is 12.3 Å². The van der Waals surface area contributed by atoms with Crippen LogP contribution < -0.4 is 0 Å². The smallest absolute Gasteiger partial charge is 0.247 e. The van der Waals surface area contributed by atoms with Crippen molar-refractivity contribution in [3.8, 4) is 11.5 Å². The molecule has 1 saturated carbocycles. The molecule has 0 radical (unpaired) electrons. The molecule has 1 atom stereocenters. The number of aromatic nitrogens is 2. The van der Waals surface area contributed by atoms with Gasteiger partial charge in [-0.25, -0.2) is 0 Å². The first-order chi connectivity index (χ1) is 12.2. The van der Waals surface area contributed by atoms with E-state index in [-0.39, 0.29) is 6.04 Å². The van der Waals surface area contributed by atoms with Crippen molar-refractivity contribution in [2.45, 2.75) is 45.6 Å². The molecule has 1 aromatic carbocycles. The van der Waals surface area contributed by atoms with Crippen LogP contribution in [0.15, 0.2) is 28.7 Å². The number of benzene rings is 1. The molecule has 5 nitrogen and oxygen atoms in total. The minimum atomic E-state index is 0.116. The molecular weight excluding hydrogens is 314 g/mol. The summed E-state index contributed by atoms with van der Waals surface area (Å²) in [6.45, 7) is 7.91. The highest BCUT2D eigenvalue weighted by molar-refractivity contribution is 5.53. The van der Waals surface area contributed by atoms with Crippen molar-refractivity contribution in [2.75, 3.05) is 26.3 Å². The summed E-state index contributed by atoms with van der Waals surface area (Å²) in [5.74, 6) is 1.30. The molecule has 2 aromatic rings. The zero-order valence-corrected chi connectivity index (χ0v) is 15.2. The van der Waals surface area contributed by atoms with Crippen LogP contribution in [0.2, 0.25) is 0 Å². The minimum Gasteiger partial charge on any atom is -0.419 e. The van der Waals surface area contributed by atoms with E-state index < -0.39 is 0 Å². The molecule has 2 aliphatic rings. The lowest BCUT2D eigenvalue weighted by Gasteiger charge is -2.33. The minimum absolute atomic E-state index is 0.116. The van der Waals surface area contributed by atoms with Gasteiger partial charge in [0.1, 0.15) is 0 Å². The zero-order valence-electron chi connectivity index (χ0n) is 15.2.